The molecular weight excluding hydrogens is 636 g/mol. The third kappa shape index (κ3) is 7.89. The summed E-state index contributed by atoms with van der Waals surface area (Å²) < 4.78 is 12.5. The molecule has 0 bridgehead atoms. The second-order valence-electron chi connectivity index (χ2n) is 12.9. The molecule has 0 fully saturated rings. The normalized spacial score (nSPS) is 12.1. The first kappa shape index (κ1) is 33.3. The Bertz CT molecular complexity index is 2020. The molecule has 0 aliphatic rings. The average Bonchev–Trinajstić information content (AvgIpc) is 3.54. The van der Waals surface area contributed by atoms with E-state index in [1.165, 1.54) is 15.3 Å². The monoisotopic (exact) mass is 674 g/mol. The van der Waals surface area contributed by atoms with Gasteiger partial charge in [-0.1, -0.05) is 93.0 Å². The van der Waals surface area contributed by atoms with Crippen LogP contribution in [0.3, 0.4) is 0 Å². The van der Waals surface area contributed by atoms with E-state index in [4.69, 9.17) is 26.1 Å². The number of benzene rings is 4. The van der Waals surface area contributed by atoms with Gasteiger partial charge in [0.2, 0.25) is 0 Å². The molecule has 1 unspecified atom stereocenters. The molecule has 0 aliphatic carbocycles. The number of amides is 1. The number of aromatic nitrogens is 1. The van der Waals surface area contributed by atoms with Gasteiger partial charge >= 0.3 is 0 Å². The molecule has 0 saturated carbocycles. The van der Waals surface area contributed by atoms with Crippen molar-refractivity contribution < 1.29 is 14.3 Å². The fraction of sp³-hybridized carbons (Fsp3) is 0.220. The zero-order valence-electron chi connectivity index (χ0n) is 27.6. The number of carbonyl (C=O) groups is 1. The maximum absolute atomic E-state index is 13.3. The number of nitrogens with zero attached hydrogens (tertiary/aromatic N) is 1. The van der Waals surface area contributed by atoms with Gasteiger partial charge in [-0.3, -0.25) is 9.78 Å². The number of fused-ring (bicyclic) bond motifs is 1. The number of aryl methyl sites for hydroxylation is 1. The lowest BCUT2D eigenvalue weighted by Crippen LogP contribution is -2.33. The molecule has 6 rings (SSSR count). The van der Waals surface area contributed by atoms with Crippen LogP contribution >= 0.6 is 22.9 Å². The number of rotatable bonds is 11. The molecule has 1 atom stereocenters. The number of hydrogen-bond donors (Lipinski definition) is 1. The topological polar surface area (TPSA) is 60.5 Å². The molecule has 1 amide bonds. The molecule has 0 spiro atoms. The van der Waals surface area contributed by atoms with E-state index >= 15 is 0 Å². The third-order valence-corrected chi connectivity index (χ3v) is 9.70. The number of pyridine rings is 1. The van der Waals surface area contributed by atoms with E-state index in [2.05, 4.69) is 69.4 Å². The molecule has 244 valence electrons. The molecule has 0 radical (unpaired) electrons. The minimum absolute atomic E-state index is 0.0371. The molecular formula is C41H39ClN2O3S. The van der Waals surface area contributed by atoms with E-state index in [9.17, 15) is 4.79 Å². The number of nitrogens with one attached hydrogen (secondary N) is 1. The molecule has 0 aliphatic heterocycles. The Hall–Kier alpha value is -4.65. The highest BCUT2D eigenvalue weighted by Crippen LogP contribution is 2.41. The van der Waals surface area contributed by atoms with Crippen LogP contribution in [0.15, 0.2) is 115 Å². The van der Waals surface area contributed by atoms with Gasteiger partial charge in [0, 0.05) is 39.4 Å². The summed E-state index contributed by atoms with van der Waals surface area (Å²) in [6.07, 6.45) is 1.75. The second kappa shape index (κ2) is 14.6. The zero-order valence-corrected chi connectivity index (χ0v) is 29.2. The van der Waals surface area contributed by atoms with Gasteiger partial charge in [-0.25, -0.2) is 0 Å². The molecule has 4 aromatic carbocycles. The van der Waals surface area contributed by atoms with Crippen LogP contribution in [0.5, 0.6) is 11.5 Å². The van der Waals surface area contributed by atoms with Gasteiger partial charge in [0.05, 0.1) is 5.02 Å². The molecule has 2 heterocycles. The third-order valence-electron chi connectivity index (χ3n) is 8.33. The van der Waals surface area contributed by atoms with Crippen LogP contribution in [0, 0.1) is 6.92 Å². The Balaban J connectivity index is 1.33. The minimum Gasteiger partial charge on any atom is -0.486 e. The number of ether oxygens (including phenoxy) is 2. The molecule has 0 saturated heterocycles. The number of halogens is 1. The molecule has 48 heavy (non-hydrogen) atoms. The smallest absolute Gasteiger partial charge is 0.257 e. The first-order chi connectivity index (χ1) is 23.2. The Morgan fingerprint density at radius 3 is 2.42 bits per heavy atom. The summed E-state index contributed by atoms with van der Waals surface area (Å²) in [4.78, 5) is 20.4. The van der Waals surface area contributed by atoms with Crippen LogP contribution in [0.25, 0.3) is 21.3 Å². The quantitative estimate of drug-likeness (QED) is 0.149. The van der Waals surface area contributed by atoms with Crippen LogP contribution < -0.4 is 14.8 Å². The van der Waals surface area contributed by atoms with Gasteiger partial charge in [-0.05, 0) is 83.1 Å². The molecule has 6 aromatic rings. The van der Waals surface area contributed by atoms with Gasteiger partial charge < -0.3 is 14.8 Å². The van der Waals surface area contributed by atoms with Crippen molar-refractivity contribution in [3.63, 3.8) is 0 Å². The Morgan fingerprint density at radius 1 is 0.896 bits per heavy atom. The molecule has 7 heteroatoms. The summed E-state index contributed by atoms with van der Waals surface area (Å²) in [5, 5.41) is 4.52. The predicted molar refractivity (Wildman–Crippen MR) is 198 cm³/mol. The van der Waals surface area contributed by atoms with Crippen molar-refractivity contribution in [2.24, 2.45) is 0 Å². The van der Waals surface area contributed by atoms with Crippen molar-refractivity contribution in [2.75, 3.05) is 13.2 Å². The summed E-state index contributed by atoms with van der Waals surface area (Å²) >= 11 is 8.68. The second-order valence-corrected chi connectivity index (χ2v) is 14.6. The average molecular weight is 675 g/mol. The number of carbonyl (C=O) groups excluding carboxylic acids is 1. The fourth-order valence-corrected chi connectivity index (χ4v) is 6.84. The zero-order chi connectivity index (χ0) is 33.7. The highest BCUT2D eigenvalue weighted by Gasteiger charge is 2.25. The first-order valence-corrected chi connectivity index (χ1v) is 17.3. The lowest BCUT2D eigenvalue weighted by atomic mass is 9.87. The summed E-state index contributed by atoms with van der Waals surface area (Å²) in [5.41, 5.74) is 5.94. The lowest BCUT2D eigenvalue weighted by Gasteiger charge is -2.24. The van der Waals surface area contributed by atoms with Crippen LogP contribution in [0.4, 0.5) is 0 Å². The van der Waals surface area contributed by atoms with Crippen LogP contribution in [-0.2, 0) is 16.8 Å². The van der Waals surface area contributed by atoms with Crippen molar-refractivity contribution in [2.45, 2.75) is 45.6 Å². The van der Waals surface area contributed by atoms with E-state index in [0.717, 1.165) is 27.6 Å². The largest absolute Gasteiger partial charge is 0.486 e. The van der Waals surface area contributed by atoms with Gasteiger partial charge in [0.15, 0.2) is 6.61 Å². The van der Waals surface area contributed by atoms with Gasteiger partial charge in [0.1, 0.15) is 23.6 Å². The highest BCUT2D eigenvalue weighted by atomic mass is 35.5. The summed E-state index contributed by atoms with van der Waals surface area (Å²) in [6, 6.07) is 36.5. The Labute approximate surface area is 291 Å². The van der Waals surface area contributed by atoms with Gasteiger partial charge in [-0.15, -0.1) is 11.3 Å². The standard InChI is InChI=1S/C41H39ClN2O3S/c1-27-15-20-37(48-27)30-13-8-12-29(22-30)35(24-44-38(45)26-46-32-18-16-31(17-19-32)41(2,3)4)34-23-36(42)33-14-9-21-43-39(33)40(34)47-25-28-10-6-5-7-11-28/h5-23,35H,24-26H2,1-4H3,(H,44,45). The van der Waals surface area contributed by atoms with Crippen molar-refractivity contribution in [3.05, 3.63) is 148 Å². The van der Waals surface area contributed by atoms with Crippen LogP contribution in [0.1, 0.15) is 53.8 Å². The van der Waals surface area contributed by atoms with E-state index in [0.29, 0.717) is 35.2 Å². The summed E-state index contributed by atoms with van der Waals surface area (Å²) in [5.74, 6) is 0.778. The molecule has 5 nitrogen and oxygen atoms in total. The van der Waals surface area contributed by atoms with Crippen molar-refractivity contribution in [3.8, 4) is 21.9 Å². The SMILES string of the molecule is Cc1ccc(-c2cccc(C(CNC(=O)COc3ccc(C(C)(C)C)cc3)c3cc(Cl)c4cccnc4c3OCc3ccccc3)c2)s1. The van der Waals surface area contributed by atoms with Crippen LogP contribution in [-0.4, -0.2) is 24.0 Å². The molecule has 1 N–H and O–H groups in total. The van der Waals surface area contributed by atoms with E-state index in [1.54, 1.807) is 17.5 Å². The Morgan fingerprint density at radius 2 is 1.69 bits per heavy atom. The maximum Gasteiger partial charge on any atom is 0.257 e. The number of thiophene rings is 1. The van der Waals surface area contributed by atoms with Crippen LogP contribution in [0.2, 0.25) is 5.02 Å². The van der Waals surface area contributed by atoms with E-state index in [1.807, 2.05) is 72.8 Å². The lowest BCUT2D eigenvalue weighted by molar-refractivity contribution is -0.123. The summed E-state index contributed by atoms with van der Waals surface area (Å²) in [6.45, 7) is 9.17. The van der Waals surface area contributed by atoms with E-state index < -0.39 is 0 Å². The van der Waals surface area contributed by atoms with Crippen molar-refractivity contribution in [1.82, 2.24) is 10.3 Å². The van der Waals surface area contributed by atoms with Gasteiger partial charge in [-0.2, -0.15) is 0 Å². The maximum atomic E-state index is 13.3. The van der Waals surface area contributed by atoms with Gasteiger partial charge in [0.25, 0.3) is 5.91 Å². The van der Waals surface area contributed by atoms with Crippen molar-refractivity contribution in [1.29, 1.82) is 0 Å². The Kier molecular flexibility index (Phi) is 10.1. The molecule has 2 aromatic heterocycles. The highest BCUT2D eigenvalue weighted by molar-refractivity contribution is 7.15. The van der Waals surface area contributed by atoms with E-state index in [-0.39, 0.29) is 23.8 Å². The first-order valence-electron chi connectivity index (χ1n) is 16.1. The summed E-state index contributed by atoms with van der Waals surface area (Å²) in [7, 11) is 0. The predicted octanol–water partition coefficient (Wildman–Crippen LogP) is 10.1. The van der Waals surface area contributed by atoms with Crippen molar-refractivity contribution >= 4 is 39.7 Å². The number of hydrogen-bond acceptors (Lipinski definition) is 5. The fourth-order valence-electron chi connectivity index (χ4n) is 5.71. The minimum atomic E-state index is -0.296.